The molecule has 23 heavy (non-hydrogen) atoms. The molecule has 0 bridgehead atoms. The second-order valence-electron chi connectivity index (χ2n) is 4.47. The molecule has 0 aromatic heterocycles. The lowest BCUT2D eigenvalue weighted by Gasteiger charge is -2.05. The molecule has 0 fully saturated rings. The second kappa shape index (κ2) is 7.06. The minimum atomic E-state index is -4.02. The van der Waals surface area contributed by atoms with Crippen LogP contribution in [-0.4, -0.2) is 34.8 Å². The van der Waals surface area contributed by atoms with E-state index in [-0.39, 0.29) is 10.5 Å². The molecule has 0 atom stereocenters. The zero-order valence-corrected chi connectivity index (χ0v) is 13.4. The summed E-state index contributed by atoms with van der Waals surface area (Å²) in [6.45, 7) is 0. The van der Waals surface area contributed by atoms with Crippen molar-refractivity contribution < 1.29 is 22.7 Å². The summed E-state index contributed by atoms with van der Waals surface area (Å²) in [7, 11) is -1.30. The number of hydrogen-bond donors (Lipinski definition) is 0. The van der Waals surface area contributed by atoms with Crippen molar-refractivity contribution in [2.75, 3.05) is 14.2 Å². The molecular formula is C16H15NO5S. The Kier molecular flexibility index (Phi) is 5.13. The Bertz CT molecular complexity index is 826. The molecule has 0 aliphatic heterocycles. The molecule has 0 saturated heterocycles. The predicted molar refractivity (Wildman–Crippen MR) is 85.6 cm³/mol. The fraction of sp³-hybridized carbons (Fsp3) is 0.125. The van der Waals surface area contributed by atoms with Crippen molar-refractivity contribution in [2.24, 2.45) is 4.40 Å². The number of rotatable bonds is 5. The summed E-state index contributed by atoms with van der Waals surface area (Å²) >= 11 is 0. The van der Waals surface area contributed by atoms with Crippen LogP contribution >= 0.6 is 0 Å². The van der Waals surface area contributed by atoms with Crippen LogP contribution in [0.25, 0.3) is 0 Å². The number of carbonyl (C=O) groups excluding carboxylic acids is 1. The van der Waals surface area contributed by atoms with Gasteiger partial charge in [0.1, 0.15) is 10.6 Å². The Balaban J connectivity index is 2.35. The first-order valence-corrected chi connectivity index (χ1v) is 8.03. The van der Waals surface area contributed by atoms with Crippen LogP contribution in [0.3, 0.4) is 0 Å². The van der Waals surface area contributed by atoms with Gasteiger partial charge in [0.2, 0.25) is 0 Å². The Morgan fingerprint density at radius 3 is 2.30 bits per heavy atom. The summed E-state index contributed by atoms with van der Waals surface area (Å²) in [5, 5.41) is 0. The molecule has 2 rings (SSSR count). The van der Waals surface area contributed by atoms with E-state index in [0.717, 1.165) is 0 Å². The van der Waals surface area contributed by atoms with Crippen LogP contribution in [0.1, 0.15) is 15.9 Å². The third kappa shape index (κ3) is 3.95. The van der Waals surface area contributed by atoms with Crippen molar-refractivity contribution in [2.45, 2.75) is 4.90 Å². The summed E-state index contributed by atoms with van der Waals surface area (Å²) in [6.07, 6.45) is 1.21. The van der Waals surface area contributed by atoms with Crippen molar-refractivity contribution in [1.29, 1.82) is 0 Å². The Morgan fingerprint density at radius 1 is 1.04 bits per heavy atom. The van der Waals surface area contributed by atoms with Crippen LogP contribution in [-0.2, 0) is 14.8 Å². The SMILES string of the molecule is COC(=O)c1ccccc1S(=O)(=O)N=Cc1ccc(OC)cc1. The van der Waals surface area contributed by atoms with Gasteiger partial charge in [-0.05, 0) is 42.0 Å². The van der Waals surface area contributed by atoms with Crippen LogP contribution in [0.15, 0.2) is 57.8 Å². The predicted octanol–water partition coefficient (Wildman–Crippen LogP) is 2.29. The molecule has 2 aromatic carbocycles. The molecule has 0 heterocycles. The molecule has 0 saturated carbocycles. The summed E-state index contributed by atoms with van der Waals surface area (Å²) < 4.78 is 37.9. The number of hydrogen-bond acceptors (Lipinski definition) is 5. The third-order valence-electron chi connectivity index (χ3n) is 3.03. The van der Waals surface area contributed by atoms with Crippen LogP contribution < -0.4 is 4.74 Å². The van der Waals surface area contributed by atoms with Gasteiger partial charge in [0.25, 0.3) is 10.0 Å². The average molecular weight is 333 g/mol. The first-order chi connectivity index (χ1) is 11.0. The van der Waals surface area contributed by atoms with E-state index in [1.165, 1.54) is 38.6 Å². The van der Waals surface area contributed by atoms with Crippen molar-refractivity contribution >= 4 is 22.2 Å². The Labute approximate surface area is 134 Å². The van der Waals surface area contributed by atoms with Gasteiger partial charge in [0, 0.05) is 6.21 Å². The molecule has 0 aliphatic carbocycles. The highest BCUT2D eigenvalue weighted by atomic mass is 32.2. The molecule has 120 valence electrons. The summed E-state index contributed by atoms with van der Waals surface area (Å²) in [4.78, 5) is 11.5. The van der Waals surface area contributed by atoms with Gasteiger partial charge in [-0.1, -0.05) is 12.1 Å². The number of nitrogens with zero attached hydrogens (tertiary/aromatic N) is 1. The lowest BCUT2D eigenvalue weighted by molar-refractivity contribution is 0.0596. The largest absolute Gasteiger partial charge is 0.497 e. The lowest BCUT2D eigenvalue weighted by atomic mass is 10.2. The van der Waals surface area contributed by atoms with Crippen molar-refractivity contribution in [1.82, 2.24) is 0 Å². The summed E-state index contributed by atoms with van der Waals surface area (Å²) in [5.41, 5.74) is 0.534. The van der Waals surface area contributed by atoms with Crippen LogP contribution in [0.5, 0.6) is 5.75 Å². The van der Waals surface area contributed by atoms with E-state index >= 15 is 0 Å². The maximum atomic E-state index is 12.3. The van der Waals surface area contributed by atoms with Crippen molar-refractivity contribution in [3.8, 4) is 5.75 Å². The molecular weight excluding hydrogens is 318 g/mol. The molecule has 0 spiro atoms. The number of carbonyl (C=O) groups is 1. The van der Waals surface area contributed by atoms with Gasteiger partial charge in [0.15, 0.2) is 0 Å². The maximum Gasteiger partial charge on any atom is 0.339 e. The number of esters is 1. The molecule has 0 amide bonds. The van der Waals surface area contributed by atoms with Gasteiger partial charge in [-0.2, -0.15) is 12.8 Å². The Morgan fingerprint density at radius 2 is 1.70 bits per heavy atom. The topological polar surface area (TPSA) is 82.0 Å². The van der Waals surface area contributed by atoms with E-state index in [4.69, 9.17) is 4.74 Å². The highest BCUT2D eigenvalue weighted by Gasteiger charge is 2.21. The van der Waals surface area contributed by atoms with E-state index in [1.54, 1.807) is 30.3 Å². The quantitative estimate of drug-likeness (QED) is 0.619. The highest BCUT2D eigenvalue weighted by Crippen LogP contribution is 2.19. The third-order valence-corrected chi connectivity index (χ3v) is 4.32. The normalized spacial score (nSPS) is 11.4. The van der Waals surface area contributed by atoms with Gasteiger partial charge in [-0.3, -0.25) is 0 Å². The molecule has 0 radical (unpaired) electrons. The van der Waals surface area contributed by atoms with E-state index < -0.39 is 16.0 Å². The first kappa shape index (κ1) is 16.7. The average Bonchev–Trinajstić information content (AvgIpc) is 2.59. The van der Waals surface area contributed by atoms with Gasteiger partial charge < -0.3 is 9.47 Å². The van der Waals surface area contributed by atoms with Gasteiger partial charge >= 0.3 is 5.97 Å². The second-order valence-corrected chi connectivity index (χ2v) is 6.07. The molecule has 2 aromatic rings. The van der Waals surface area contributed by atoms with Crippen molar-refractivity contribution in [3.05, 3.63) is 59.7 Å². The van der Waals surface area contributed by atoms with Crippen LogP contribution in [0.2, 0.25) is 0 Å². The first-order valence-electron chi connectivity index (χ1n) is 6.59. The number of benzene rings is 2. The number of sulfonamides is 1. The molecule has 7 heteroatoms. The van der Waals surface area contributed by atoms with Gasteiger partial charge in [-0.25, -0.2) is 4.79 Å². The number of ether oxygens (including phenoxy) is 2. The minimum Gasteiger partial charge on any atom is -0.497 e. The van der Waals surface area contributed by atoms with Crippen LogP contribution in [0, 0.1) is 0 Å². The summed E-state index contributed by atoms with van der Waals surface area (Å²) in [6, 6.07) is 12.5. The van der Waals surface area contributed by atoms with Gasteiger partial charge in [0.05, 0.1) is 19.8 Å². The Hall–Kier alpha value is -2.67. The minimum absolute atomic E-state index is 0.0538. The zero-order valence-electron chi connectivity index (χ0n) is 12.6. The number of methoxy groups -OCH3 is 2. The van der Waals surface area contributed by atoms with Gasteiger partial charge in [-0.15, -0.1) is 0 Å². The molecule has 6 nitrogen and oxygen atoms in total. The van der Waals surface area contributed by atoms with E-state index in [2.05, 4.69) is 9.13 Å². The molecule has 0 N–H and O–H groups in total. The van der Waals surface area contributed by atoms with Crippen molar-refractivity contribution in [3.63, 3.8) is 0 Å². The standard InChI is InChI=1S/C16H15NO5S/c1-21-13-9-7-12(8-10-13)11-17-23(19,20)15-6-4-3-5-14(15)16(18)22-2/h3-11H,1-2H3. The van der Waals surface area contributed by atoms with Crippen LogP contribution in [0.4, 0.5) is 0 Å². The van der Waals surface area contributed by atoms with E-state index in [9.17, 15) is 13.2 Å². The fourth-order valence-corrected chi connectivity index (χ4v) is 2.90. The van der Waals surface area contributed by atoms with E-state index in [0.29, 0.717) is 11.3 Å². The highest BCUT2D eigenvalue weighted by molar-refractivity contribution is 7.90. The smallest absolute Gasteiger partial charge is 0.339 e. The van der Waals surface area contributed by atoms with E-state index in [1.807, 2.05) is 0 Å². The monoisotopic (exact) mass is 333 g/mol. The molecule has 0 aliphatic rings. The fourth-order valence-electron chi connectivity index (χ4n) is 1.85. The maximum absolute atomic E-state index is 12.3. The molecule has 0 unspecified atom stereocenters. The zero-order chi connectivity index (χ0) is 16.9. The summed E-state index contributed by atoms with van der Waals surface area (Å²) in [5.74, 6) is -0.0788. The lowest BCUT2D eigenvalue weighted by Crippen LogP contribution is -2.09.